The van der Waals surface area contributed by atoms with Crippen LogP contribution >= 0.6 is 12.4 Å². The third-order valence-corrected chi connectivity index (χ3v) is 3.99. The molecule has 1 fully saturated rings. The van der Waals surface area contributed by atoms with Crippen LogP contribution in [-0.2, 0) is 9.53 Å². The van der Waals surface area contributed by atoms with Crippen molar-refractivity contribution in [2.45, 2.75) is 39.5 Å². The summed E-state index contributed by atoms with van der Waals surface area (Å²) in [4.78, 5) is 11.9. The summed E-state index contributed by atoms with van der Waals surface area (Å²) in [5.74, 6) is 0.200. The summed E-state index contributed by atoms with van der Waals surface area (Å²) in [6.45, 7) is 7.12. The number of ether oxygens (including phenoxy) is 1. The molecule has 1 amide bonds. The molecule has 1 rings (SSSR count). The van der Waals surface area contributed by atoms with E-state index in [1.165, 1.54) is 19.3 Å². The molecule has 0 aromatic carbocycles. The highest BCUT2D eigenvalue weighted by Gasteiger charge is 2.36. The summed E-state index contributed by atoms with van der Waals surface area (Å²) in [7, 11) is 1.87. The second-order valence-corrected chi connectivity index (χ2v) is 5.48. The number of nitrogens with one attached hydrogen (secondary N) is 2. The number of carbonyl (C=O) groups is 1. The fourth-order valence-corrected chi connectivity index (χ4v) is 2.47. The van der Waals surface area contributed by atoms with Crippen molar-refractivity contribution in [1.29, 1.82) is 0 Å². The van der Waals surface area contributed by atoms with Gasteiger partial charge in [-0.25, -0.2) is 0 Å². The van der Waals surface area contributed by atoms with Gasteiger partial charge >= 0.3 is 0 Å². The second kappa shape index (κ2) is 9.56. The molecule has 0 spiro atoms. The Hall–Kier alpha value is -0.320. The monoisotopic (exact) mass is 292 g/mol. The van der Waals surface area contributed by atoms with Gasteiger partial charge in [-0.05, 0) is 38.6 Å². The van der Waals surface area contributed by atoms with E-state index < -0.39 is 0 Å². The number of carbonyl (C=O) groups excluding carboxylic acids is 1. The lowest BCUT2D eigenvalue weighted by Gasteiger charge is -2.42. The smallest absolute Gasteiger partial charge is 0.224 e. The van der Waals surface area contributed by atoms with Crippen LogP contribution in [0.4, 0.5) is 0 Å². The van der Waals surface area contributed by atoms with Crippen LogP contribution in [0.15, 0.2) is 0 Å². The van der Waals surface area contributed by atoms with Crippen molar-refractivity contribution < 1.29 is 9.53 Å². The van der Waals surface area contributed by atoms with Crippen molar-refractivity contribution >= 4 is 18.3 Å². The average molecular weight is 293 g/mol. The van der Waals surface area contributed by atoms with Crippen LogP contribution in [0.1, 0.15) is 39.5 Å². The summed E-state index contributed by atoms with van der Waals surface area (Å²) in [5.41, 5.74) is 0.310. The molecule has 0 radical (unpaired) electrons. The molecule has 0 aromatic heterocycles. The Labute approximate surface area is 123 Å². The van der Waals surface area contributed by atoms with E-state index in [4.69, 9.17) is 4.74 Å². The lowest BCUT2D eigenvalue weighted by atomic mass is 9.66. The minimum absolute atomic E-state index is 0. The van der Waals surface area contributed by atoms with Crippen molar-refractivity contribution in [1.82, 2.24) is 10.6 Å². The Morgan fingerprint density at radius 1 is 1.42 bits per heavy atom. The molecule has 19 heavy (non-hydrogen) atoms. The Morgan fingerprint density at radius 3 is 2.58 bits per heavy atom. The number of amides is 1. The highest BCUT2D eigenvalue weighted by Crippen LogP contribution is 2.43. The maximum Gasteiger partial charge on any atom is 0.224 e. The Kier molecular flexibility index (Phi) is 9.40. The second-order valence-electron chi connectivity index (χ2n) is 5.48. The zero-order valence-corrected chi connectivity index (χ0v) is 13.3. The summed E-state index contributed by atoms with van der Waals surface area (Å²) in [5, 5.41) is 6.14. The van der Waals surface area contributed by atoms with Gasteiger partial charge in [-0.1, -0.05) is 13.3 Å². The minimum atomic E-state index is 0. The van der Waals surface area contributed by atoms with E-state index in [-0.39, 0.29) is 24.2 Å². The molecule has 0 aliphatic heterocycles. The van der Waals surface area contributed by atoms with Crippen molar-refractivity contribution in [3.8, 4) is 0 Å². The molecule has 1 saturated carbocycles. The van der Waals surface area contributed by atoms with Gasteiger partial charge in [0.05, 0.1) is 0 Å². The van der Waals surface area contributed by atoms with Crippen molar-refractivity contribution in [2.24, 2.45) is 11.3 Å². The van der Waals surface area contributed by atoms with E-state index in [1.54, 1.807) is 0 Å². The minimum Gasteiger partial charge on any atom is -0.382 e. The van der Waals surface area contributed by atoms with Crippen LogP contribution in [0, 0.1) is 11.3 Å². The van der Waals surface area contributed by atoms with Crippen molar-refractivity contribution in [3.63, 3.8) is 0 Å². The number of hydrogen-bond acceptors (Lipinski definition) is 3. The van der Waals surface area contributed by atoms with Crippen LogP contribution < -0.4 is 10.6 Å². The van der Waals surface area contributed by atoms with E-state index in [1.807, 2.05) is 20.9 Å². The molecule has 2 N–H and O–H groups in total. The van der Waals surface area contributed by atoms with Crippen LogP contribution in [0.5, 0.6) is 0 Å². The first-order chi connectivity index (χ1) is 8.63. The third kappa shape index (κ3) is 6.11. The molecule has 0 saturated heterocycles. The van der Waals surface area contributed by atoms with Gasteiger partial charge in [-0.15, -0.1) is 12.4 Å². The van der Waals surface area contributed by atoms with Gasteiger partial charge in [0.15, 0.2) is 0 Å². The van der Waals surface area contributed by atoms with Gasteiger partial charge in [0.1, 0.15) is 0 Å². The number of hydrogen-bond donors (Lipinski definition) is 2. The zero-order valence-electron chi connectivity index (χ0n) is 12.5. The highest BCUT2D eigenvalue weighted by atomic mass is 35.5. The summed E-state index contributed by atoms with van der Waals surface area (Å²) < 4.78 is 5.44. The molecule has 1 aliphatic rings. The third-order valence-electron chi connectivity index (χ3n) is 3.99. The molecule has 114 valence electrons. The first kappa shape index (κ1) is 18.7. The summed E-state index contributed by atoms with van der Waals surface area (Å²) in [6.07, 6.45) is 4.80. The molecular formula is C14H29ClN2O2. The number of rotatable bonds is 9. The van der Waals surface area contributed by atoms with Crippen LogP contribution in [0.2, 0.25) is 0 Å². The largest absolute Gasteiger partial charge is 0.382 e. The van der Waals surface area contributed by atoms with E-state index in [9.17, 15) is 4.79 Å². The normalized spacial score (nSPS) is 18.1. The average Bonchev–Trinajstić information content (AvgIpc) is 2.31. The van der Waals surface area contributed by atoms with E-state index in [0.29, 0.717) is 5.41 Å². The lowest BCUT2D eigenvalue weighted by Crippen LogP contribution is -2.45. The van der Waals surface area contributed by atoms with Gasteiger partial charge in [0.2, 0.25) is 5.91 Å². The maximum absolute atomic E-state index is 11.9. The molecule has 0 aromatic rings. The van der Waals surface area contributed by atoms with Gasteiger partial charge in [0.25, 0.3) is 0 Å². The topological polar surface area (TPSA) is 50.4 Å². The van der Waals surface area contributed by atoms with Crippen LogP contribution in [0.25, 0.3) is 0 Å². The Bertz CT molecular complexity index is 258. The van der Waals surface area contributed by atoms with Gasteiger partial charge in [-0.3, -0.25) is 4.79 Å². The standard InChI is InChI=1S/C14H28N2O2.ClH/c1-4-18-9-8-14(6-5-7-14)11-16-13(17)12(2)10-15-3;/h12,15H,4-11H2,1-3H3,(H,16,17);1H. The van der Waals surface area contributed by atoms with Crippen LogP contribution in [0.3, 0.4) is 0 Å². The van der Waals surface area contributed by atoms with Crippen LogP contribution in [-0.4, -0.2) is 39.3 Å². The molecule has 1 atom stereocenters. The van der Waals surface area contributed by atoms with Crippen molar-refractivity contribution in [2.75, 3.05) is 33.4 Å². The zero-order chi connectivity index (χ0) is 13.4. The number of halogens is 1. The maximum atomic E-state index is 11.9. The molecule has 0 bridgehead atoms. The fourth-order valence-electron chi connectivity index (χ4n) is 2.47. The summed E-state index contributed by atoms with van der Waals surface area (Å²) >= 11 is 0. The van der Waals surface area contributed by atoms with E-state index in [2.05, 4.69) is 10.6 Å². The molecule has 4 nitrogen and oxygen atoms in total. The molecule has 0 heterocycles. The van der Waals surface area contributed by atoms with Crippen molar-refractivity contribution in [3.05, 3.63) is 0 Å². The lowest BCUT2D eigenvalue weighted by molar-refractivity contribution is -0.125. The quantitative estimate of drug-likeness (QED) is 0.639. The molecule has 1 unspecified atom stereocenters. The van der Waals surface area contributed by atoms with E-state index >= 15 is 0 Å². The first-order valence-electron chi connectivity index (χ1n) is 7.13. The fraction of sp³-hybridized carbons (Fsp3) is 0.929. The van der Waals surface area contributed by atoms with E-state index in [0.717, 1.165) is 32.7 Å². The predicted octanol–water partition coefficient (Wildman–Crippen LogP) is 1.98. The first-order valence-corrected chi connectivity index (χ1v) is 7.13. The summed E-state index contributed by atoms with van der Waals surface area (Å²) in [6, 6.07) is 0. The Morgan fingerprint density at radius 2 is 2.11 bits per heavy atom. The predicted molar refractivity (Wildman–Crippen MR) is 80.7 cm³/mol. The highest BCUT2D eigenvalue weighted by molar-refractivity contribution is 5.85. The molecular weight excluding hydrogens is 264 g/mol. The van der Waals surface area contributed by atoms with Gasteiger partial charge in [0, 0.05) is 32.2 Å². The van der Waals surface area contributed by atoms with Gasteiger partial charge < -0.3 is 15.4 Å². The molecule has 1 aliphatic carbocycles. The van der Waals surface area contributed by atoms with Gasteiger partial charge in [-0.2, -0.15) is 0 Å². The molecule has 5 heteroatoms. The Balaban J connectivity index is 0.00000324. The SMILES string of the molecule is CCOCCC1(CNC(=O)C(C)CNC)CCC1.Cl.